The van der Waals surface area contributed by atoms with E-state index in [2.05, 4.69) is 81.1 Å². The van der Waals surface area contributed by atoms with Crippen LogP contribution in [0.3, 0.4) is 0 Å². The van der Waals surface area contributed by atoms with Crippen molar-refractivity contribution in [3.63, 3.8) is 0 Å². The number of hydrogen-bond donors (Lipinski definition) is 0. The lowest BCUT2D eigenvalue weighted by atomic mass is 10.0. The monoisotopic (exact) mass is 230 g/mol. The summed E-state index contributed by atoms with van der Waals surface area (Å²) in [4.78, 5) is 0. The van der Waals surface area contributed by atoms with Crippen LogP contribution in [0.2, 0.25) is 0 Å². The minimum atomic E-state index is 1.29. The quantitative estimate of drug-likeness (QED) is 0.406. The maximum absolute atomic E-state index is 2.87. The van der Waals surface area contributed by atoms with Gasteiger partial charge in [-0.15, -0.1) is 8.85 Å². The van der Waals surface area contributed by atoms with Crippen LogP contribution >= 0.6 is 0 Å². The van der Waals surface area contributed by atoms with Gasteiger partial charge in [0.15, 0.2) is 32.6 Å². The van der Waals surface area contributed by atoms with Gasteiger partial charge in [0.1, 0.15) is 0 Å². The molecule has 3 aromatic rings. The van der Waals surface area contributed by atoms with Crippen molar-refractivity contribution in [3.05, 3.63) is 48.5 Å². The zero-order chi connectivity index (χ0) is 11.1. The average Bonchev–Trinajstić information content (AvgIpc) is 2.36. The Bertz CT molecular complexity index is 570. The highest BCUT2D eigenvalue weighted by molar-refractivity contribution is 6.53. The lowest BCUT2D eigenvalue weighted by Gasteiger charge is -2.13. The Morgan fingerprint density at radius 1 is 0.500 bits per heavy atom. The van der Waals surface area contributed by atoms with Gasteiger partial charge in [-0.2, -0.15) is 0 Å². The van der Waals surface area contributed by atoms with E-state index in [0.29, 0.717) is 0 Å². The third kappa shape index (κ3) is 1.43. The first-order valence-corrected chi connectivity index (χ1v) is 6.39. The molecule has 0 unspecified atom stereocenters. The molecule has 0 aliphatic rings. The first-order chi connectivity index (χ1) is 7.79. The first kappa shape index (κ1) is 10.4. The van der Waals surface area contributed by atoms with Crippen molar-refractivity contribution in [1.29, 1.82) is 0 Å². The summed E-state index contributed by atoms with van der Waals surface area (Å²) in [5.41, 5.74) is 0. The predicted octanol–water partition coefficient (Wildman–Crippen LogP) is 1.58. The summed E-state index contributed by atoms with van der Waals surface area (Å²) in [6.45, 7) is 0. The molecular weight excluding hydrogens is 222 g/mol. The van der Waals surface area contributed by atoms with Crippen LogP contribution in [-0.4, -0.2) is 32.6 Å². The average molecular weight is 230 g/mol. The largest absolute Gasteiger partial charge is 0.177 e. The van der Waals surface area contributed by atoms with Gasteiger partial charge in [-0.05, 0) is 21.5 Å². The summed E-state index contributed by atoms with van der Waals surface area (Å²) in [6.07, 6.45) is 0. The van der Waals surface area contributed by atoms with Crippen molar-refractivity contribution in [2.75, 3.05) is 0 Å². The molecule has 0 amide bonds. The van der Waals surface area contributed by atoms with E-state index in [-0.39, 0.29) is 0 Å². The summed E-state index contributed by atoms with van der Waals surface area (Å²) >= 11 is 5.74. The standard InChI is InChI=1S/C14H8.2Al/c1-2-6-12-10-14-8-4-3-7-13(14)9-11(12)5-1;;/h1-8H;;. The molecule has 3 aromatic carbocycles. The zero-order valence-corrected chi connectivity index (χ0v) is 11.1. The summed E-state index contributed by atoms with van der Waals surface area (Å²) in [5, 5.41) is 5.26. The Balaban J connectivity index is 2.67. The van der Waals surface area contributed by atoms with E-state index in [1.54, 1.807) is 0 Å². The van der Waals surface area contributed by atoms with Gasteiger partial charge >= 0.3 is 0 Å². The normalized spacial score (nSPS) is 11.0. The fraction of sp³-hybridized carbons (Fsp3) is 0. The van der Waals surface area contributed by atoms with Crippen LogP contribution in [-0.2, 0) is 0 Å². The molecule has 0 aliphatic carbocycles. The van der Waals surface area contributed by atoms with Crippen LogP contribution in [0, 0.1) is 0 Å². The highest BCUT2D eigenvalue weighted by atomic mass is 27.1. The number of hydrogen-bond acceptors (Lipinski definition) is 0. The SMILES string of the molecule is [Al][c]1c2ccccc2[c]([Al])c2ccccc12. The fourth-order valence-corrected chi connectivity index (χ4v) is 3.20. The predicted molar refractivity (Wildman–Crippen MR) is 72.2 cm³/mol. The highest BCUT2D eigenvalue weighted by Crippen LogP contribution is 2.17. The van der Waals surface area contributed by atoms with E-state index in [0.717, 1.165) is 0 Å². The van der Waals surface area contributed by atoms with Crippen molar-refractivity contribution in [1.82, 2.24) is 0 Å². The first-order valence-electron chi connectivity index (χ1n) is 5.23. The minimum absolute atomic E-state index is 1.29. The second kappa shape index (κ2) is 3.92. The molecule has 70 valence electrons. The van der Waals surface area contributed by atoms with E-state index in [1.165, 1.54) is 30.4 Å². The molecule has 0 N–H and O–H groups in total. The Morgan fingerprint density at radius 2 is 0.750 bits per heavy atom. The third-order valence-electron chi connectivity index (χ3n) is 3.01. The van der Waals surface area contributed by atoms with Crippen molar-refractivity contribution in [3.8, 4) is 0 Å². The van der Waals surface area contributed by atoms with Crippen molar-refractivity contribution in [2.45, 2.75) is 0 Å². The summed E-state index contributed by atoms with van der Waals surface area (Å²) in [5.74, 6) is 0. The maximum Gasteiger partial charge on any atom is 0.177 e. The Labute approximate surface area is 111 Å². The maximum atomic E-state index is 2.87. The van der Waals surface area contributed by atoms with Gasteiger partial charge in [0.2, 0.25) is 0 Å². The van der Waals surface area contributed by atoms with E-state index in [9.17, 15) is 0 Å². The van der Waals surface area contributed by atoms with Gasteiger partial charge in [-0.3, -0.25) is 0 Å². The topological polar surface area (TPSA) is 0 Å². The van der Waals surface area contributed by atoms with Crippen molar-refractivity contribution in [2.24, 2.45) is 0 Å². The summed E-state index contributed by atoms with van der Waals surface area (Å²) < 4.78 is 2.58. The smallest absolute Gasteiger partial charge is 0.124 e. The van der Waals surface area contributed by atoms with E-state index < -0.39 is 0 Å². The lowest BCUT2D eigenvalue weighted by Crippen LogP contribution is -2.15. The van der Waals surface area contributed by atoms with Crippen molar-refractivity contribution < 1.29 is 0 Å². The number of fused-ring (bicyclic) bond motifs is 2. The van der Waals surface area contributed by atoms with Gasteiger partial charge in [0.25, 0.3) is 0 Å². The molecule has 0 saturated carbocycles. The Morgan fingerprint density at radius 3 is 1.00 bits per heavy atom. The zero-order valence-electron chi connectivity index (χ0n) is 8.77. The molecule has 16 heavy (non-hydrogen) atoms. The molecule has 0 spiro atoms. The summed E-state index contributed by atoms with van der Waals surface area (Å²) in [7, 11) is 0. The Hall–Kier alpha value is -0.755. The molecular formula is C14H8Al2. The van der Waals surface area contributed by atoms with Crippen LogP contribution in [0.1, 0.15) is 0 Å². The van der Waals surface area contributed by atoms with E-state index >= 15 is 0 Å². The van der Waals surface area contributed by atoms with Gasteiger partial charge < -0.3 is 0 Å². The molecule has 3 rings (SSSR count). The summed E-state index contributed by atoms with van der Waals surface area (Å²) in [6, 6.07) is 17.1. The van der Waals surface area contributed by atoms with Crippen LogP contribution < -0.4 is 8.85 Å². The lowest BCUT2D eigenvalue weighted by molar-refractivity contribution is 1.80. The van der Waals surface area contributed by atoms with Gasteiger partial charge in [0.05, 0.1) is 0 Å². The molecule has 0 heterocycles. The van der Waals surface area contributed by atoms with Gasteiger partial charge in [-0.25, -0.2) is 0 Å². The van der Waals surface area contributed by atoms with Gasteiger partial charge in [-0.1, -0.05) is 48.5 Å². The molecule has 0 aromatic heterocycles. The fourth-order valence-electron chi connectivity index (χ4n) is 2.20. The second-order valence-electron chi connectivity index (χ2n) is 3.92. The Kier molecular flexibility index (Phi) is 2.55. The second-order valence-corrected chi connectivity index (χ2v) is 5.07. The van der Waals surface area contributed by atoms with Gasteiger partial charge in [0, 0.05) is 0 Å². The van der Waals surface area contributed by atoms with Crippen LogP contribution in [0.25, 0.3) is 21.5 Å². The molecule has 0 aliphatic heterocycles. The molecule has 0 bridgehead atoms. The molecule has 2 heteroatoms. The third-order valence-corrected chi connectivity index (χ3v) is 4.26. The highest BCUT2D eigenvalue weighted by Gasteiger charge is 2.04. The van der Waals surface area contributed by atoms with Crippen molar-refractivity contribution >= 4 is 63.0 Å². The molecule has 0 fully saturated rings. The van der Waals surface area contributed by atoms with E-state index in [4.69, 9.17) is 0 Å². The molecule has 0 nitrogen and oxygen atoms in total. The molecule has 4 radical (unpaired) electrons. The minimum Gasteiger partial charge on any atom is -0.124 e. The number of rotatable bonds is 0. The molecule has 0 saturated heterocycles. The van der Waals surface area contributed by atoms with Crippen LogP contribution in [0.4, 0.5) is 0 Å². The van der Waals surface area contributed by atoms with Crippen LogP contribution in [0.5, 0.6) is 0 Å². The molecule has 0 atom stereocenters. The van der Waals surface area contributed by atoms with E-state index in [1.807, 2.05) is 0 Å². The number of benzene rings is 3. The van der Waals surface area contributed by atoms with Crippen LogP contribution in [0.15, 0.2) is 48.5 Å².